The predicted molar refractivity (Wildman–Crippen MR) is 117 cm³/mol. The lowest BCUT2D eigenvalue weighted by atomic mass is 9.91. The Morgan fingerprint density at radius 3 is 2.66 bits per heavy atom. The first-order chi connectivity index (χ1) is 14.1. The summed E-state index contributed by atoms with van der Waals surface area (Å²) in [6, 6.07) is 10.2. The van der Waals surface area contributed by atoms with Gasteiger partial charge in [0.2, 0.25) is 0 Å². The molecule has 0 spiro atoms. The molecule has 1 aromatic rings. The third-order valence-electron chi connectivity index (χ3n) is 7.45. The number of benzene rings is 1. The topological polar surface area (TPSA) is 53.9 Å². The molecular weight excluding hydrogens is 382 g/mol. The van der Waals surface area contributed by atoms with E-state index in [4.69, 9.17) is 4.74 Å². The monoisotopic (exact) mass is 413 g/mol. The molecule has 2 bridgehead atoms. The van der Waals surface area contributed by atoms with Crippen molar-refractivity contribution in [3.8, 4) is 0 Å². The summed E-state index contributed by atoms with van der Waals surface area (Å²) in [4.78, 5) is 19.1. The Morgan fingerprint density at radius 2 is 1.97 bits per heavy atom. The second-order valence-corrected chi connectivity index (χ2v) is 10.6. The number of carbonyl (C=O) groups is 1. The van der Waals surface area contributed by atoms with E-state index in [1.165, 1.54) is 25.7 Å². The van der Waals surface area contributed by atoms with Crippen LogP contribution in [0.15, 0.2) is 35.3 Å². The van der Waals surface area contributed by atoms with E-state index in [-0.39, 0.29) is 10.8 Å². The maximum Gasteiger partial charge on any atom is 0.253 e. The molecule has 29 heavy (non-hydrogen) atoms. The Hall–Kier alpha value is -1.53. The van der Waals surface area contributed by atoms with Crippen LogP contribution in [0.2, 0.25) is 0 Å². The van der Waals surface area contributed by atoms with E-state index in [2.05, 4.69) is 17.2 Å². The van der Waals surface area contributed by atoms with Gasteiger partial charge >= 0.3 is 0 Å². The Bertz CT molecular complexity index is 778. The largest absolute Gasteiger partial charge is 0.362 e. The SMILES string of the molecule is CC1(C2CCN(C(=O)c3ccccc3)CC2)OCN=C(N[C@H]2C[C@@H]3CC[C@H]2C3)S1. The molecule has 2 aliphatic carbocycles. The Kier molecular flexibility index (Phi) is 5.33. The number of amides is 1. The fraction of sp³-hybridized carbons (Fsp3) is 0.652. The maximum atomic E-state index is 12.7. The molecule has 4 atom stereocenters. The molecule has 5 rings (SSSR count). The van der Waals surface area contributed by atoms with Crippen molar-refractivity contribution in [3.63, 3.8) is 0 Å². The third-order valence-corrected chi connectivity index (χ3v) is 8.75. The van der Waals surface area contributed by atoms with Gasteiger partial charge in [0.25, 0.3) is 5.91 Å². The average molecular weight is 414 g/mol. The molecule has 1 aromatic carbocycles. The molecule has 2 aliphatic heterocycles. The third kappa shape index (κ3) is 3.93. The zero-order valence-corrected chi connectivity index (χ0v) is 18.0. The van der Waals surface area contributed by atoms with Crippen molar-refractivity contribution in [3.05, 3.63) is 35.9 Å². The van der Waals surface area contributed by atoms with Crippen molar-refractivity contribution in [2.24, 2.45) is 22.7 Å². The van der Waals surface area contributed by atoms with Crippen molar-refractivity contribution in [1.29, 1.82) is 0 Å². The van der Waals surface area contributed by atoms with E-state index in [1.807, 2.05) is 35.2 Å². The summed E-state index contributed by atoms with van der Waals surface area (Å²) in [5.74, 6) is 2.34. The number of hydrogen-bond acceptors (Lipinski definition) is 5. The summed E-state index contributed by atoms with van der Waals surface area (Å²) in [5, 5.41) is 4.83. The molecule has 156 valence electrons. The van der Waals surface area contributed by atoms with Gasteiger partial charge in [0, 0.05) is 30.6 Å². The van der Waals surface area contributed by atoms with E-state index < -0.39 is 0 Å². The number of amidine groups is 1. The van der Waals surface area contributed by atoms with E-state index in [0.29, 0.717) is 18.7 Å². The number of likely N-dealkylation sites (tertiary alicyclic amines) is 1. The van der Waals surface area contributed by atoms with Crippen LogP contribution in [0.5, 0.6) is 0 Å². The number of rotatable bonds is 3. The van der Waals surface area contributed by atoms with Crippen molar-refractivity contribution in [2.45, 2.75) is 56.4 Å². The molecule has 0 aromatic heterocycles. The standard InChI is InChI=1S/C23H31N3O2S/c1-23(19-9-11-26(12-10-19)21(27)17-5-3-2-4-6-17)28-15-24-22(29-23)25-20-14-16-7-8-18(20)13-16/h2-6,16,18-20H,7-15H2,1H3,(H,24,25)/t16-,18+,20+,23?/m1/s1. The van der Waals surface area contributed by atoms with Gasteiger partial charge in [0.1, 0.15) is 11.7 Å². The average Bonchev–Trinajstić information content (AvgIpc) is 3.37. The Labute approximate surface area is 177 Å². The Morgan fingerprint density at radius 1 is 1.17 bits per heavy atom. The van der Waals surface area contributed by atoms with Crippen molar-refractivity contribution >= 4 is 22.8 Å². The van der Waals surface area contributed by atoms with Gasteiger partial charge in [0.05, 0.1) is 0 Å². The van der Waals surface area contributed by atoms with Crippen LogP contribution in [0, 0.1) is 17.8 Å². The number of thioether (sulfide) groups is 1. The van der Waals surface area contributed by atoms with Crippen molar-refractivity contribution < 1.29 is 9.53 Å². The highest BCUT2D eigenvalue weighted by molar-refractivity contribution is 8.14. The van der Waals surface area contributed by atoms with Gasteiger partial charge in [0.15, 0.2) is 5.17 Å². The minimum absolute atomic E-state index is 0.145. The second kappa shape index (κ2) is 7.95. The second-order valence-electron chi connectivity index (χ2n) is 9.21. The van der Waals surface area contributed by atoms with E-state index in [9.17, 15) is 4.79 Å². The molecule has 2 heterocycles. The number of ether oxygens (including phenoxy) is 1. The highest BCUT2D eigenvalue weighted by Crippen LogP contribution is 2.46. The predicted octanol–water partition coefficient (Wildman–Crippen LogP) is 4.11. The van der Waals surface area contributed by atoms with Crippen LogP contribution in [0.3, 0.4) is 0 Å². The fourth-order valence-corrected chi connectivity index (χ4v) is 6.92. The smallest absolute Gasteiger partial charge is 0.253 e. The molecule has 0 radical (unpaired) electrons. The Balaban J connectivity index is 1.17. The van der Waals surface area contributed by atoms with E-state index in [0.717, 1.165) is 48.5 Å². The fourth-order valence-electron chi connectivity index (χ4n) is 5.70. The first kappa shape index (κ1) is 19.4. The van der Waals surface area contributed by atoms with Gasteiger partial charge in [-0.3, -0.25) is 4.79 Å². The van der Waals surface area contributed by atoms with Crippen LogP contribution >= 0.6 is 11.8 Å². The van der Waals surface area contributed by atoms with Crippen LogP contribution in [-0.2, 0) is 4.74 Å². The van der Waals surface area contributed by atoms with Crippen molar-refractivity contribution in [1.82, 2.24) is 10.2 Å². The van der Waals surface area contributed by atoms with Crippen LogP contribution in [0.25, 0.3) is 0 Å². The quantitative estimate of drug-likeness (QED) is 0.810. The molecule has 1 amide bonds. The lowest BCUT2D eigenvalue weighted by molar-refractivity contribution is -0.0201. The minimum Gasteiger partial charge on any atom is -0.362 e. The molecular formula is C23H31N3O2S. The van der Waals surface area contributed by atoms with Gasteiger partial charge in [-0.05, 0) is 63.0 Å². The number of fused-ring (bicyclic) bond motifs is 2. The summed E-state index contributed by atoms with van der Waals surface area (Å²) >= 11 is 1.77. The minimum atomic E-state index is -0.260. The van der Waals surface area contributed by atoms with Gasteiger partial charge in [-0.15, -0.1) is 0 Å². The normalized spacial score (nSPS) is 34.9. The molecule has 3 fully saturated rings. The van der Waals surface area contributed by atoms with Crippen LogP contribution in [0.1, 0.15) is 55.8 Å². The molecule has 5 nitrogen and oxygen atoms in total. The molecule has 4 aliphatic rings. The highest BCUT2D eigenvalue weighted by Gasteiger charge is 2.44. The lowest BCUT2D eigenvalue weighted by Crippen LogP contribution is -2.49. The molecule has 1 N–H and O–H groups in total. The van der Waals surface area contributed by atoms with Crippen molar-refractivity contribution in [2.75, 3.05) is 19.8 Å². The summed E-state index contributed by atoms with van der Waals surface area (Å²) in [6.45, 7) is 4.25. The summed E-state index contributed by atoms with van der Waals surface area (Å²) in [6.07, 6.45) is 7.46. The van der Waals surface area contributed by atoms with Gasteiger partial charge in [-0.2, -0.15) is 0 Å². The first-order valence-corrected chi connectivity index (χ1v) is 11.9. The van der Waals surface area contributed by atoms with E-state index >= 15 is 0 Å². The summed E-state index contributed by atoms with van der Waals surface area (Å²) < 4.78 is 6.17. The van der Waals surface area contributed by atoms with Gasteiger partial charge < -0.3 is 15.0 Å². The first-order valence-electron chi connectivity index (χ1n) is 11.1. The zero-order valence-electron chi connectivity index (χ0n) is 17.2. The summed E-state index contributed by atoms with van der Waals surface area (Å²) in [7, 11) is 0. The molecule has 1 unspecified atom stereocenters. The maximum absolute atomic E-state index is 12.7. The summed E-state index contributed by atoms with van der Waals surface area (Å²) in [5.41, 5.74) is 0.782. The number of piperidine rings is 1. The highest BCUT2D eigenvalue weighted by atomic mass is 32.2. The van der Waals surface area contributed by atoms with Gasteiger partial charge in [-0.1, -0.05) is 36.4 Å². The number of nitrogens with zero attached hydrogens (tertiary/aromatic N) is 2. The zero-order chi connectivity index (χ0) is 19.8. The van der Waals surface area contributed by atoms with Crippen LogP contribution in [-0.4, -0.2) is 46.8 Å². The van der Waals surface area contributed by atoms with Gasteiger partial charge in [-0.25, -0.2) is 4.99 Å². The molecule has 2 saturated carbocycles. The lowest BCUT2D eigenvalue weighted by Gasteiger charge is -2.43. The van der Waals surface area contributed by atoms with Crippen LogP contribution < -0.4 is 5.32 Å². The number of aliphatic imine (C=N–C) groups is 1. The molecule has 6 heteroatoms. The molecule has 1 saturated heterocycles. The number of nitrogens with one attached hydrogen (secondary N) is 1. The number of hydrogen-bond donors (Lipinski definition) is 1. The van der Waals surface area contributed by atoms with E-state index in [1.54, 1.807) is 11.8 Å². The number of carbonyl (C=O) groups excluding carboxylic acids is 1. The van der Waals surface area contributed by atoms with Crippen LogP contribution in [0.4, 0.5) is 0 Å².